The molecule has 0 saturated carbocycles. The molecule has 6 heteroatoms. The van der Waals surface area contributed by atoms with Crippen molar-refractivity contribution in [2.45, 2.75) is 23.4 Å². The molecule has 0 aliphatic carbocycles. The van der Waals surface area contributed by atoms with E-state index in [0.29, 0.717) is 13.1 Å². The standard InChI is InChI=1S/C12H13N4OP/c17-18(8-4-2-1-3-5-8)9-6-13-15-11(9)12-10(18)7-14-16-12/h1-5,9-12H,6-7H2/t9-,10+,11+,12-,18?. The summed E-state index contributed by atoms with van der Waals surface area (Å²) < 4.78 is 13.6. The smallest absolute Gasteiger partial charge is 0.129 e. The van der Waals surface area contributed by atoms with E-state index in [0.717, 1.165) is 5.30 Å². The lowest BCUT2D eigenvalue weighted by atomic mass is 10.1. The Morgan fingerprint density at radius 1 is 0.944 bits per heavy atom. The third kappa shape index (κ3) is 1.15. The summed E-state index contributed by atoms with van der Waals surface area (Å²) in [5.74, 6) is 0. The Balaban J connectivity index is 1.88. The lowest BCUT2D eigenvalue weighted by Gasteiger charge is -2.22. The summed E-state index contributed by atoms with van der Waals surface area (Å²) in [7, 11) is -2.50. The summed E-state index contributed by atoms with van der Waals surface area (Å²) >= 11 is 0. The molecule has 0 amide bonds. The van der Waals surface area contributed by atoms with Crippen LogP contribution in [0.3, 0.4) is 0 Å². The van der Waals surface area contributed by atoms with Crippen molar-refractivity contribution in [2.75, 3.05) is 13.1 Å². The molecule has 1 unspecified atom stereocenters. The minimum absolute atomic E-state index is 0.00714. The average Bonchev–Trinajstić information content (AvgIpc) is 3.09. The van der Waals surface area contributed by atoms with Gasteiger partial charge in [-0.1, -0.05) is 30.3 Å². The van der Waals surface area contributed by atoms with Crippen molar-refractivity contribution in [3.8, 4) is 0 Å². The highest BCUT2D eigenvalue weighted by atomic mass is 31.2. The van der Waals surface area contributed by atoms with Crippen molar-refractivity contribution in [1.82, 2.24) is 0 Å². The number of rotatable bonds is 1. The van der Waals surface area contributed by atoms with Crippen LogP contribution in [0.15, 0.2) is 50.8 Å². The van der Waals surface area contributed by atoms with Crippen molar-refractivity contribution in [2.24, 2.45) is 20.5 Å². The molecule has 5 atom stereocenters. The Morgan fingerprint density at radius 2 is 1.50 bits per heavy atom. The number of fused-ring (bicyclic) bond motifs is 3. The molecule has 0 aromatic heterocycles. The molecule has 1 saturated heterocycles. The van der Waals surface area contributed by atoms with Crippen molar-refractivity contribution in [3.63, 3.8) is 0 Å². The van der Waals surface area contributed by atoms with Gasteiger partial charge in [0, 0.05) is 5.30 Å². The summed E-state index contributed by atoms with van der Waals surface area (Å²) in [6.07, 6.45) is 0. The molecule has 3 aliphatic heterocycles. The zero-order valence-corrected chi connectivity index (χ0v) is 10.6. The molecule has 3 heterocycles. The fraction of sp³-hybridized carbons (Fsp3) is 0.500. The second-order valence-electron chi connectivity index (χ2n) is 5.04. The minimum atomic E-state index is -2.50. The number of benzene rings is 1. The summed E-state index contributed by atoms with van der Waals surface area (Å²) in [6.45, 7) is 1.17. The van der Waals surface area contributed by atoms with E-state index in [1.165, 1.54) is 0 Å². The van der Waals surface area contributed by atoms with Crippen LogP contribution in [-0.2, 0) is 4.57 Å². The Labute approximate surface area is 105 Å². The molecule has 92 valence electrons. The van der Waals surface area contributed by atoms with E-state index in [9.17, 15) is 4.57 Å². The van der Waals surface area contributed by atoms with Crippen molar-refractivity contribution in [3.05, 3.63) is 30.3 Å². The van der Waals surface area contributed by atoms with Gasteiger partial charge in [-0.2, -0.15) is 20.5 Å². The number of hydrogen-bond acceptors (Lipinski definition) is 5. The molecule has 0 spiro atoms. The Kier molecular flexibility index (Phi) is 2.10. The summed E-state index contributed by atoms with van der Waals surface area (Å²) in [5.41, 5.74) is 0.100. The second kappa shape index (κ2) is 3.58. The predicted molar refractivity (Wildman–Crippen MR) is 68.3 cm³/mol. The van der Waals surface area contributed by atoms with Crippen LogP contribution in [0.4, 0.5) is 0 Å². The van der Waals surface area contributed by atoms with Gasteiger partial charge in [-0.25, -0.2) is 0 Å². The fourth-order valence-electron chi connectivity index (χ4n) is 3.40. The van der Waals surface area contributed by atoms with Gasteiger partial charge >= 0.3 is 0 Å². The van der Waals surface area contributed by atoms with Gasteiger partial charge in [0.2, 0.25) is 0 Å². The van der Waals surface area contributed by atoms with Gasteiger partial charge in [-0.3, -0.25) is 0 Å². The highest BCUT2D eigenvalue weighted by Crippen LogP contribution is 2.65. The maximum atomic E-state index is 13.6. The molecule has 1 aromatic carbocycles. The van der Waals surface area contributed by atoms with E-state index in [-0.39, 0.29) is 23.4 Å². The van der Waals surface area contributed by atoms with Crippen molar-refractivity contribution >= 4 is 12.4 Å². The molecule has 3 aliphatic rings. The third-order valence-electron chi connectivity index (χ3n) is 4.25. The molecule has 0 radical (unpaired) electrons. The number of azo groups is 2. The van der Waals surface area contributed by atoms with Gasteiger partial charge in [-0.15, -0.1) is 0 Å². The highest BCUT2D eigenvalue weighted by molar-refractivity contribution is 7.73. The Hall–Kier alpha value is -1.35. The van der Waals surface area contributed by atoms with E-state index in [1.54, 1.807) is 0 Å². The lowest BCUT2D eigenvalue weighted by molar-refractivity contribution is 0.573. The highest BCUT2D eigenvalue weighted by Gasteiger charge is 2.62. The zero-order chi connectivity index (χ0) is 12.2. The van der Waals surface area contributed by atoms with Crippen molar-refractivity contribution < 1.29 is 4.57 Å². The Morgan fingerprint density at radius 3 is 2.06 bits per heavy atom. The first-order valence-corrected chi connectivity index (χ1v) is 8.04. The van der Waals surface area contributed by atoms with E-state index < -0.39 is 7.14 Å². The van der Waals surface area contributed by atoms with Gasteiger partial charge < -0.3 is 4.57 Å². The van der Waals surface area contributed by atoms with Crippen LogP contribution in [-0.4, -0.2) is 36.5 Å². The third-order valence-corrected chi connectivity index (χ3v) is 8.26. The number of hydrogen-bond donors (Lipinski definition) is 0. The van der Waals surface area contributed by atoms with Crippen LogP contribution in [0.1, 0.15) is 0 Å². The average molecular weight is 260 g/mol. The van der Waals surface area contributed by atoms with E-state index in [1.807, 2.05) is 30.3 Å². The monoisotopic (exact) mass is 260 g/mol. The lowest BCUT2D eigenvalue weighted by Crippen LogP contribution is -2.25. The maximum absolute atomic E-state index is 13.6. The van der Waals surface area contributed by atoms with Crippen LogP contribution in [0, 0.1) is 0 Å². The van der Waals surface area contributed by atoms with Gasteiger partial charge in [0.25, 0.3) is 0 Å². The quantitative estimate of drug-likeness (QED) is 0.713. The molecule has 0 N–H and O–H groups in total. The summed E-state index contributed by atoms with van der Waals surface area (Å²) in [4.78, 5) is 0. The van der Waals surface area contributed by atoms with Gasteiger partial charge in [0.15, 0.2) is 0 Å². The maximum Gasteiger partial charge on any atom is 0.129 e. The van der Waals surface area contributed by atoms with Crippen LogP contribution in [0.25, 0.3) is 0 Å². The molecule has 4 rings (SSSR count). The first-order chi connectivity index (χ1) is 8.82. The predicted octanol–water partition coefficient (Wildman–Crippen LogP) is 2.09. The first-order valence-electron chi connectivity index (χ1n) is 6.20. The van der Waals surface area contributed by atoms with Gasteiger partial charge in [-0.05, 0) is 0 Å². The van der Waals surface area contributed by atoms with Gasteiger partial charge in [0.05, 0.1) is 24.4 Å². The largest absolute Gasteiger partial charge is 0.318 e. The number of nitrogens with zero attached hydrogens (tertiary/aromatic N) is 4. The van der Waals surface area contributed by atoms with Crippen molar-refractivity contribution in [1.29, 1.82) is 0 Å². The normalized spacial score (nSPS) is 44.2. The fourth-order valence-corrected chi connectivity index (χ4v) is 7.30. The molecule has 1 aromatic rings. The molecule has 1 fully saturated rings. The minimum Gasteiger partial charge on any atom is -0.318 e. The topological polar surface area (TPSA) is 66.5 Å². The summed E-state index contributed by atoms with van der Waals surface area (Å²) in [6, 6.07) is 9.77. The van der Waals surface area contributed by atoms with E-state index in [2.05, 4.69) is 20.5 Å². The summed E-state index contributed by atoms with van der Waals surface area (Å²) in [5, 5.41) is 17.7. The molecular formula is C12H13N4OP. The van der Waals surface area contributed by atoms with E-state index in [4.69, 9.17) is 0 Å². The van der Waals surface area contributed by atoms with Crippen LogP contribution < -0.4 is 5.30 Å². The van der Waals surface area contributed by atoms with Crippen LogP contribution in [0.2, 0.25) is 0 Å². The van der Waals surface area contributed by atoms with Crippen LogP contribution >= 0.6 is 7.14 Å². The zero-order valence-electron chi connectivity index (χ0n) is 9.75. The van der Waals surface area contributed by atoms with Gasteiger partial charge in [0.1, 0.15) is 19.2 Å². The molecule has 5 nitrogen and oxygen atoms in total. The first kappa shape index (κ1) is 10.6. The van der Waals surface area contributed by atoms with Crippen LogP contribution in [0.5, 0.6) is 0 Å². The molecule has 18 heavy (non-hydrogen) atoms. The second-order valence-corrected chi connectivity index (χ2v) is 8.30. The molecule has 0 bridgehead atoms. The SMILES string of the molecule is O=P1(c2ccccc2)[C@@H]2CN=N[C@@H]2[C@@H]2N=NC[C@@H]21. The van der Waals surface area contributed by atoms with E-state index >= 15 is 0 Å². The molecular weight excluding hydrogens is 247 g/mol. The Bertz CT molecular complexity index is 555.